The van der Waals surface area contributed by atoms with Crippen molar-refractivity contribution < 1.29 is 4.79 Å². The summed E-state index contributed by atoms with van der Waals surface area (Å²) in [7, 11) is 0. The van der Waals surface area contributed by atoms with E-state index in [0.29, 0.717) is 10.4 Å². The maximum atomic E-state index is 11.6. The van der Waals surface area contributed by atoms with E-state index in [1.807, 2.05) is 17.1 Å². The molecule has 0 unspecified atom stereocenters. The average Bonchev–Trinajstić information content (AvgIpc) is 2.97. The summed E-state index contributed by atoms with van der Waals surface area (Å²) in [6.45, 7) is 2.80. The number of aryl methyl sites for hydroxylation is 1. The van der Waals surface area contributed by atoms with Crippen LogP contribution in [0.5, 0.6) is 0 Å². The normalized spacial score (nSPS) is 19.2. The van der Waals surface area contributed by atoms with Crippen molar-refractivity contribution in [1.82, 2.24) is 10.3 Å². The first-order chi connectivity index (χ1) is 8.28. The largest absolute Gasteiger partial charge is 0.337 e. The molecule has 1 aromatic rings. The molecule has 0 aliphatic carbocycles. The van der Waals surface area contributed by atoms with E-state index < -0.39 is 0 Å². The molecule has 1 aromatic heterocycles. The van der Waals surface area contributed by atoms with Crippen LogP contribution in [0.25, 0.3) is 0 Å². The van der Waals surface area contributed by atoms with E-state index in [2.05, 4.69) is 22.5 Å². The fourth-order valence-corrected chi connectivity index (χ4v) is 3.67. The Labute approximate surface area is 110 Å². The van der Waals surface area contributed by atoms with Crippen LogP contribution in [0.3, 0.4) is 0 Å². The number of thioether (sulfide) groups is 1. The van der Waals surface area contributed by atoms with Gasteiger partial charge in [0.1, 0.15) is 0 Å². The predicted molar refractivity (Wildman–Crippen MR) is 74.0 cm³/mol. The second kappa shape index (κ2) is 6.26. The average molecular weight is 271 g/mol. The Bertz CT molecular complexity index is 375. The van der Waals surface area contributed by atoms with E-state index in [1.54, 1.807) is 0 Å². The van der Waals surface area contributed by atoms with Crippen molar-refractivity contribution in [2.75, 3.05) is 17.6 Å². The monoisotopic (exact) mass is 271 g/mol. The third-order valence-corrected chi connectivity index (χ3v) is 4.85. The van der Waals surface area contributed by atoms with Gasteiger partial charge in [-0.15, -0.1) is 11.3 Å². The standard InChI is InChI=1S/C11H17N3OS2/c1-2-8-7-17-11(13-8)14-10(15)12-6-9-4-3-5-16-9/h7,9H,2-6H2,1H3,(H2,12,13,14,15)/t9-/m1/s1. The van der Waals surface area contributed by atoms with Crippen molar-refractivity contribution in [3.05, 3.63) is 11.1 Å². The Balaban J connectivity index is 1.72. The molecule has 2 N–H and O–H groups in total. The lowest BCUT2D eigenvalue weighted by Gasteiger charge is -2.09. The number of rotatable bonds is 4. The predicted octanol–water partition coefficient (Wildman–Crippen LogP) is 2.72. The third-order valence-electron chi connectivity index (χ3n) is 2.65. The molecule has 1 aliphatic rings. The van der Waals surface area contributed by atoms with Crippen molar-refractivity contribution in [2.45, 2.75) is 31.4 Å². The van der Waals surface area contributed by atoms with Gasteiger partial charge in [-0.2, -0.15) is 11.8 Å². The summed E-state index contributed by atoms with van der Waals surface area (Å²) in [5.74, 6) is 1.22. The number of nitrogens with zero attached hydrogens (tertiary/aromatic N) is 1. The van der Waals surface area contributed by atoms with Crippen molar-refractivity contribution in [3.63, 3.8) is 0 Å². The Morgan fingerprint density at radius 1 is 1.65 bits per heavy atom. The van der Waals surface area contributed by atoms with Crippen molar-refractivity contribution in [1.29, 1.82) is 0 Å². The van der Waals surface area contributed by atoms with E-state index in [-0.39, 0.29) is 6.03 Å². The molecule has 94 valence electrons. The molecule has 0 aromatic carbocycles. The highest BCUT2D eigenvalue weighted by molar-refractivity contribution is 8.00. The van der Waals surface area contributed by atoms with Crippen LogP contribution < -0.4 is 10.6 Å². The number of amides is 2. The SMILES string of the molecule is CCc1csc(NC(=O)NC[C@H]2CCCS2)n1. The number of thiazole rings is 1. The maximum absolute atomic E-state index is 11.6. The lowest BCUT2D eigenvalue weighted by molar-refractivity contribution is 0.252. The number of anilines is 1. The Morgan fingerprint density at radius 3 is 3.18 bits per heavy atom. The third kappa shape index (κ3) is 3.89. The topological polar surface area (TPSA) is 54.0 Å². The van der Waals surface area contributed by atoms with E-state index in [0.717, 1.165) is 18.7 Å². The molecular formula is C11H17N3OS2. The second-order valence-electron chi connectivity index (χ2n) is 3.97. The molecule has 2 heterocycles. The first-order valence-electron chi connectivity index (χ1n) is 5.88. The van der Waals surface area contributed by atoms with Crippen LogP contribution >= 0.6 is 23.1 Å². The highest BCUT2D eigenvalue weighted by atomic mass is 32.2. The molecular weight excluding hydrogens is 254 g/mol. The summed E-state index contributed by atoms with van der Waals surface area (Å²) < 4.78 is 0. The molecule has 4 nitrogen and oxygen atoms in total. The number of nitrogens with one attached hydrogen (secondary N) is 2. The molecule has 1 saturated heterocycles. The molecule has 1 atom stereocenters. The van der Waals surface area contributed by atoms with Crippen molar-refractivity contribution in [3.8, 4) is 0 Å². The molecule has 6 heteroatoms. The summed E-state index contributed by atoms with van der Waals surface area (Å²) in [4.78, 5) is 15.9. The molecule has 2 rings (SSSR count). The highest BCUT2D eigenvalue weighted by Gasteiger charge is 2.16. The molecule has 0 spiro atoms. The fourth-order valence-electron chi connectivity index (χ4n) is 1.68. The van der Waals surface area contributed by atoms with E-state index in [1.165, 1.54) is 29.9 Å². The molecule has 2 amide bonds. The summed E-state index contributed by atoms with van der Waals surface area (Å²) in [6.07, 6.45) is 3.38. The van der Waals surface area contributed by atoms with Crippen LogP contribution in [0, 0.1) is 0 Å². The maximum Gasteiger partial charge on any atom is 0.321 e. The Morgan fingerprint density at radius 2 is 2.53 bits per heavy atom. The number of hydrogen-bond acceptors (Lipinski definition) is 4. The first-order valence-corrected chi connectivity index (χ1v) is 7.81. The zero-order chi connectivity index (χ0) is 12.1. The second-order valence-corrected chi connectivity index (χ2v) is 6.23. The number of aromatic nitrogens is 1. The number of carbonyl (C=O) groups is 1. The van der Waals surface area contributed by atoms with Gasteiger partial charge in [0.15, 0.2) is 5.13 Å². The molecule has 1 fully saturated rings. The zero-order valence-corrected chi connectivity index (χ0v) is 11.5. The van der Waals surface area contributed by atoms with Crippen LogP contribution in [0.15, 0.2) is 5.38 Å². The van der Waals surface area contributed by atoms with Crippen LogP contribution in [0.4, 0.5) is 9.93 Å². The molecule has 1 aliphatic heterocycles. The summed E-state index contributed by atoms with van der Waals surface area (Å²) in [5.41, 5.74) is 1.02. The number of carbonyl (C=O) groups excluding carboxylic acids is 1. The van der Waals surface area contributed by atoms with Crippen LogP contribution in [0.1, 0.15) is 25.5 Å². The van der Waals surface area contributed by atoms with Gasteiger partial charge in [-0.1, -0.05) is 6.92 Å². The van der Waals surface area contributed by atoms with Crippen molar-refractivity contribution in [2.24, 2.45) is 0 Å². The van der Waals surface area contributed by atoms with Crippen LogP contribution in [-0.4, -0.2) is 28.6 Å². The van der Waals surface area contributed by atoms with E-state index in [9.17, 15) is 4.79 Å². The van der Waals surface area contributed by atoms with Gasteiger partial charge in [-0.05, 0) is 25.0 Å². The van der Waals surface area contributed by atoms with Gasteiger partial charge in [0.05, 0.1) is 5.69 Å². The molecule has 0 bridgehead atoms. The lowest BCUT2D eigenvalue weighted by Crippen LogP contribution is -2.33. The molecule has 17 heavy (non-hydrogen) atoms. The summed E-state index contributed by atoms with van der Waals surface area (Å²) >= 11 is 3.42. The highest BCUT2D eigenvalue weighted by Crippen LogP contribution is 2.25. The fraction of sp³-hybridized carbons (Fsp3) is 0.636. The van der Waals surface area contributed by atoms with Crippen LogP contribution in [0.2, 0.25) is 0 Å². The summed E-state index contributed by atoms with van der Waals surface area (Å²) in [6, 6.07) is -0.144. The molecule has 0 radical (unpaired) electrons. The Hall–Kier alpha value is -0.750. The lowest BCUT2D eigenvalue weighted by atomic mass is 10.2. The van der Waals surface area contributed by atoms with Crippen molar-refractivity contribution >= 4 is 34.3 Å². The van der Waals surface area contributed by atoms with E-state index >= 15 is 0 Å². The van der Waals surface area contributed by atoms with Crippen LogP contribution in [-0.2, 0) is 6.42 Å². The first kappa shape index (κ1) is 12.7. The van der Waals surface area contributed by atoms with Gasteiger partial charge in [-0.3, -0.25) is 5.32 Å². The van der Waals surface area contributed by atoms with Gasteiger partial charge < -0.3 is 5.32 Å². The van der Waals surface area contributed by atoms with E-state index in [4.69, 9.17) is 0 Å². The number of hydrogen-bond donors (Lipinski definition) is 2. The van der Waals surface area contributed by atoms with Gasteiger partial charge in [0, 0.05) is 17.2 Å². The minimum absolute atomic E-state index is 0.144. The van der Waals surface area contributed by atoms with Gasteiger partial charge in [0.25, 0.3) is 0 Å². The Kier molecular flexibility index (Phi) is 4.67. The van der Waals surface area contributed by atoms with Gasteiger partial charge in [0.2, 0.25) is 0 Å². The van der Waals surface area contributed by atoms with Gasteiger partial charge >= 0.3 is 6.03 Å². The summed E-state index contributed by atoms with van der Waals surface area (Å²) in [5, 5.41) is 8.90. The quantitative estimate of drug-likeness (QED) is 0.885. The molecule has 0 saturated carbocycles. The smallest absolute Gasteiger partial charge is 0.321 e. The number of urea groups is 1. The minimum Gasteiger partial charge on any atom is -0.337 e. The zero-order valence-electron chi connectivity index (χ0n) is 9.86. The minimum atomic E-state index is -0.144. The van der Waals surface area contributed by atoms with Gasteiger partial charge in [-0.25, -0.2) is 9.78 Å².